The minimum atomic E-state index is -0.501. The molecule has 1 heterocycles. The highest BCUT2D eigenvalue weighted by Gasteiger charge is 2.25. The van der Waals surface area contributed by atoms with Gasteiger partial charge in [-0.2, -0.15) is 0 Å². The number of aromatic nitrogens is 2. The average molecular weight is 476 g/mol. The molecule has 8 nitrogen and oxygen atoms in total. The smallest absolute Gasteiger partial charge is 0.407 e. The fourth-order valence-electron chi connectivity index (χ4n) is 4.15. The van der Waals surface area contributed by atoms with Gasteiger partial charge in [-0.1, -0.05) is 36.4 Å². The van der Waals surface area contributed by atoms with Crippen molar-refractivity contribution in [3.63, 3.8) is 0 Å². The van der Waals surface area contributed by atoms with Gasteiger partial charge >= 0.3 is 6.09 Å². The Morgan fingerprint density at radius 2 is 1.71 bits per heavy atom. The fourth-order valence-corrected chi connectivity index (χ4v) is 4.15. The standard InChI is InChI=1S/C27H33N5O3/c1-27(2,3)35-26(34)31-22-13-11-21(12-14-22)30-25-29-17-20-10-9-19(15-23(20)32-25)24(33)28-16-18-7-5-4-6-8-18/h4-10,15,17,21-22H,11-14,16H2,1-3H3,(H,28,33)(H,31,34)(H,29,30,32)/t21-,22-. The number of carbonyl (C=O) groups excluding carboxylic acids is 2. The molecule has 0 saturated heterocycles. The highest BCUT2D eigenvalue weighted by Crippen LogP contribution is 2.23. The van der Waals surface area contributed by atoms with E-state index in [2.05, 4.69) is 25.9 Å². The van der Waals surface area contributed by atoms with Crippen LogP contribution < -0.4 is 16.0 Å². The topological polar surface area (TPSA) is 105 Å². The Kier molecular flexibility index (Phi) is 7.48. The summed E-state index contributed by atoms with van der Waals surface area (Å²) < 4.78 is 5.35. The summed E-state index contributed by atoms with van der Waals surface area (Å²) in [7, 11) is 0. The Labute approximate surface area is 205 Å². The van der Waals surface area contributed by atoms with Crippen LogP contribution in [0.15, 0.2) is 54.7 Å². The quantitative estimate of drug-likeness (QED) is 0.473. The molecule has 2 amide bonds. The number of fused-ring (bicyclic) bond motifs is 1. The van der Waals surface area contributed by atoms with E-state index in [0.29, 0.717) is 18.1 Å². The minimum absolute atomic E-state index is 0.109. The van der Waals surface area contributed by atoms with Crippen LogP contribution in [0.2, 0.25) is 0 Å². The lowest BCUT2D eigenvalue weighted by atomic mass is 9.91. The second-order valence-electron chi connectivity index (χ2n) is 9.97. The van der Waals surface area contributed by atoms with Gasteiger partial charge < -0.3 is 20.7 Å². The molecular weight excluding hydrogens is 442 g/mol. The third-order valence-corrected chi connectivity index (χ3v) is 5.92. The Hall–Kier alpha value is -3.68. The zero-order valence-electron chi connectivity index (χ0n) is 20.5. The van der Waals surface area contributed by atoms with E-state index >= 15 is 0 Å². The number of alkyl carbamates (subject to hydrolysis) is 1. The number of ether oxygens (including phenoxy) is 1. The van der Waals surface area contributed by atoms with E-state index in [-0.39, 0.29) is 24.1 Å². The molecule has 0 radical (unpaired) electrons. The van der Waals surface area contributed by atoms with Crippen LogP contribution in [0, 0.1) is 0 Å². The monoisotopic (exact) mass is 475 g/mol. The maximum absolute atomic E-state index is 12.6. The predicted molar refractivity (Wildman–Crippen MR) is 136 cm³/mol. The van der Waals surface area contributed by atoms with E-state index in [9.17, 15) is 9.59 Å². The molecule has 184 valence electrons. The normalized spacial score (nSPS) is 18.0. The van der Waals surface area contributed by atoms with E-state index in [1.165, 1.54) is 0 Å². The molecule has 0 bridgehead atoms. The van der Waals surface area contributed by atoms with Gasteiger partial charge in [-0.05, 0) is 64.2 Å². The van der Waals surface area contributed by atoms with Crippen molar-refractivity contribution in [1.29, 1.82) is 0 Å². The largest absolute Gasteiger partial charge is 0.444 e. The van der Waals surface area contributed by atoms with Gasteiger partial charge in [0.25, 0.3) is 5.91 Å². The molecule has 0 spiro atoms. The van der Waals surface area contributed by atoms with Gasteiger partial charge in [-0.25, -0.2) is 14.8 Å². The van der Waals surface area contributed by atoms with Crippen molar-refractivity contribution in [2.45, 2.75) is 70.7 Å². The number of rotatable bonds is 6. The highest BCUT2D eigenvalue weighted by atomic mass is 16.6. The molecule has 1 aromatic heterocycles. The Balaban J connectivity index is 1.32. The summed E-state index contributed by atoms with van der Waals surface area (Å²) in [6, 6.07) is 15.6. The van der Waals surface area contributed by atoms with Crippen LogP contribution in [0.1, 0.15) is 62.4 Å². The van der Waals surface area contributed by atoms with E-state index in [1.807, 2.05) is 57.2 Å². The molecule has 2 aromatic carbocycles. The van der Waals surface area contributed by atoms with Crippen LogP contribution >= 0.6 is 0 Å². The van der Waals surface area contributed by atoms with Crippen molar-refractivity contribution in [3.05, 3.63) is 65.9 Å². The van der Waals surface area contributed by atoms with Gasteiger partial charge in [-0.3, -0.25) is 4.79 Å². The molecule has 1 saturated carbocycles. The van der Waals surface area contributed by atoms with Crippen LogP contribution in [0.3, 0.4) is 0 Å². The summed E-state index contributed by atoms with van der Waals surface area (Å²) in [5, 5.41) is 10.2. The number of nitrogens with one attached hydrogen (secondary N) is 3. The molecule has 3 aromatic rings. The van der Waals surface area contributed by atoms with Gasteiger partial charge in [0.15, 0.2) is 0 Å². The second-order valence-corrected chi connectivity index (χ2v) is 9.97. The summed E-state index contributed by atoms with van der Waals surface area (Å²) >= 11 is 0. The Morgan fingerprint density at radius 3 is 2.43 bits per heavy atom. The molecule has 1 aliphatic carbocycles. The predicted octanol–water partition coefficient (Wildman–Crippen LogP) is 4.81. The summed E-state index contributed by atoms with van der Waals surface area (Å²) in [5.41, 5.74) is 1.83. The number of carbonyl (C=O) groups is 2. The Morgan fingerprint density at radius 1 is 1.00 bits per heavy atom. The van der Waals surface area contributed by atoms with Gasteiger partial charge in [0.1, 0.15) is 5.60 Å². The summed E-state index contributed by atoms with van der Waals surface area (Å²) in [6.07, 6.45) is 4.90. The van der Waals surface area contributed by atoms with Crippen molar-refractivity contribution in [1.82, 2.24) is 20.6 Å². The first kappa shape index (κ1) is 24.4. The van der Waals surface area contributed by atoms with Gasteiger partial charge in [-0.15, -0.1) is 0 Å². The zero-order chi connectivity index (χ0) is 24.8. The SMILES string of the molecule is CC(C)(C)OC(=O)N[C@H]1CC[C@H](Nc2ncc3ccc(C(=O)NCc4ccccc4)cc3n2)CC1. The lowest BCUT2D eigenvalue weighted by molar-refractivity contribution is 0.0492. The molecule has 8 heteroatoms. The first-order chi connectivity index (χ1) is 16.7. The molecule has 35 heavy (non-hydrogen) atoms. The second kappa shape index (κ2) is 10.7. The molecule has 0 unspecified atom stereocenters. The van der Waals surface area contributed by atoms with E-state index < -0.39 is 5.60 Å². The number of anilines is 1. The lowest BCUT2D eigenvalue weighted by Crippen LogP contribution is -2.42. The van der Waals surface area contributed by atoms with Crippen molar-refractivity contribution in [3.8, 4) is 0 Å². The van der Waals surface area contributed by atoms with Gasteiger partial charge in [0, 0.05) is 35.8 Å². The summed E-state index contributed by atoms with van der Waals surface area (Å²) in [4.78, 5) is 33.7. The van der Waals surface area contributed by atoms with Crippen molar-refractivity contribution < 1.29 is 14.3 Å². The molecular formula is C27H33N5O3. The maximum Gasteiger partial charge on any atom is 0.407 e. The highest BCUT2D eigenvalue weighted by molar-refractivity contribution is 5.97. The number of nitrogens with zero attached hydrogens (tertiary/aromatic N) is 2. The summed E-state index contributed by atoms with van der Waals surface area (Å²) in [5.74, 6) is 0.405. The van der Waals surface area contributed by atoms with Crippen LogP contribution in [-0.2, 0) is 11.3 Å². The van der Waals surface area contributed by atoms with Crippen molar-refractivity contribution in [2.75, 3.05) is 5.32 Å². The number of benzene rings is 2. The molecule has 1 fully saturated rings. The van der Waals surface area contributed by atoms with E-state index in [0.717, 1.165) is 42.1 Å². The van der Waals surface area contributed by atoms with Crippen LogP contribution in [-0.4, -0.2) is 39.7 Å². The summed E-state index contributed by atoms with van der Waals surface area (Å²) in [6.45, 7) is 6.05. The van der Waals surface area contributed by atoms with Crippen LogP contribution in [0.4, 0.5) is 10.7 Å². The van der Waals surface area contributed by atoms with Crippen LogP contribution in [0.25, 0.3) is 10.9 Å². The number of amides is 2. The third kappa shape index (κ3) is 7.15. The maximum atomic E-state index is 12.6. The van der Waals surface area contributed by atoms with Gasteiger partial charge in [0.05, 0.1) is 5.52 Å². The number of hydrogen-bond acceptors (Lipinski definition) is 6. The molecule has 0 aliphatic heterocycles. The van der Waals surface area contributed by atoms with E-state index in [1.54, 1.807) is 18.3 Å². The van der Waals surface area contributed by atoms with Crippen molar-refractivity contribution >= 4 is 28.9 Å². The third-order valence-electron chi connectivity index (χ3n) is 5.92. The Bertz CT molecular complexity index is 1170. The molecule has 4 rings (SSSR count). The molecule has 0 atom stereocenters. The first-order valence-electron chi connectivity index (χ1n) is 12.1. The molecule has 1 aliphatic rings. The van der Waals surface area contributed by atoms with Crippen molar-refractivity contribution in [2.24, 2.45) is 0 Å². The van der Waals surface area contributed by atoms with Gasteiger partial charge in [0.2, 0.25) is 5.95 Å². The van der Waals surface area contributed by atoms with E-state index in [4.69, 9.17) is 4.74 Å². The lowest BCUT2D eigenvalue weighted by Gasteiger charge is -2.30. The first-order valence-corrected chi connectivity index (χ1v) is 12.1. The minimum Gasteiger partial charge on any atom is -0.444 e. The number of hydrogen-bond donors (Lipinski definition) is 3. The zero-order valence-corrected chi connectivity index (χ0v) is 20.5. The fraction of sp³-hybridized carbons (Fsp3) is 0.407. The average Bonchev–Trinajstić information content (AvgIpc) is 2.83. The molecule has 3 N–H and O–H groups in total. The van der Waals surface area contributed by atoms with Crippen LogP contribution in [0.5, 0.6) is 0 Å².